The molecule has 0 fully saturated rings. The molecule has 0 radical (unpaired) electrons. The Kier molecular flexibility index (Phi) is 4.56. The number of hydrogen-bond donors (Lipinski definition) is 1. The lowest BCUT2D eigenvalue weighted by atomic mass is 10.1. The van der Waals surface area contributed by atoms with Crippen molar-refractivity contribution in [2.75, 3.05) is 18.5 Å². The van der Waals surface area contributed by atoms with Crippen LogP contribution in [0.25, 0.3) is 0 Å². The van der Waals surface area contributed by atoms with E-state index in [1.165, 1.54) is 36.4 Å². The van der Waals surface area contributed by atoms with E-state index in [0.717, 1.165) is 0 Å². The first-order valence-electron chi connectivity index (χ1n) is 7.39. The zero-order valence-electron chi connectivity index (χ0n) is 13.0. The van der Waals surface area contributed by atoms with Gasteiger partial charge in [0.15, 0.2) is 19.0 Å². The number of amides is 1. The first-order valence-corrected chi connectivity index (χ1v) is 7.39. The van der Waals surface area contributed by atoms with Gasteiger partial charge in [0, 0.05) is 11.1 Å². The molecule has 0 atom stereocenters. The lowest BCUT2D eigenvalue weighted by Gasteiger charge is -2.18. The first kappa shape index (κ1) is 16.4. The van der Waals surface area contributed by atoms with Crippen LogP contribution in [-0.4, -0.2) is 37.2 Å². The minimum absolute atomic E-state index is 0.0687. The number of anilines is 1. The van der Waals surface area contributed by atoms with E-state index >= 15 is 0 Å². The first-order chi connectivity index (χ1) is 12.1. The zero-order valence-corrected chi connectivity index (χ0v) is 13.0. The second-order valence-electron chi connectivity index (χ2n) is 5.29. The standard InChI is InChI=1S/C18H13NO6/c20-8-11-1-3-12(4-2-11)18(23)25-9-15(21)13-5-6-16-14(7-13)19-17(22)10-24-16/h1-8H,9-10H2,(H,19,22). The van der Waals surface area contributed by atoms with Gasteiger partial charge in [-0.15, -0.1) is 0 Å². The van der Waals surface area contributed by atoms with Crippen LogP contribution < -0.4 is 10.1 Å². The third kappa shape index (κ3) is 3.72. The largest absolute Gasteiger partial charge is 0.482 e. The zero-order chi connectivity index (χ0) is 17.8. The summed E-state index contributed by atoms with van der Waals surface area (Å²) in [6.07, 6.45) is 0.664. The summed E-state index contributed by atoms with van der Waals surface area (Å²) in [4.78, 5) is 46.0. The number of fused-ring (bicyclic) bond motifs is 1. The van der Waals surface area contributed by atoms with Crippen LogP contribution >= 0.6 is 0 Å². The van der Waals surface area contributed by atoms with Gasteiger partial charge in [-0.2, -0.15) is 0 Å². The number of Topliss-reactive ketones (excluding diaryl/α,β-unsaturated/α-hetero) is 1. The van der Waals surface area contributed by atoms with Crippen molar-refractivity contribution in [3.05, 3.63) is 59.2 Å². The van der Waals surface area contributed by atoms with Crippen LogP contribution in [0.1, 0.15) is 31.1 Å². The molecule has 0 spiro atoms. The molecule has 1 N–H and O–H groups in total. The molecule has 7 heteroatoms. The topological polar surface area (TPSA) is 98.8 Å². The predicted molar refractivity (Wildman–Crippen MR) is 87.0 cm³/mol. The molecular weight excluding hydrogens is 326 g/mol. The van der Waals surface area contributed by atoms with Gasteiger partial charge < -0.3 is 14.8 Å². The average molecular weight is 339 g/mol. The lowest BCUT2D eigenvalue weighted by molar-refractivity contribution is -0.118. The van der Waals surface area contributed by atoms with Gasteiger partial charge in [-0.25, -0.2) is 4.79 Å². The number of nitrogens with one attached hydrogen (secondary N) is 1. The molecule has 7 nitrogen and oxygen atoms in total. The van der Waals surface area contributed by atoms with Gasteiger partial charge in [0.1, 0.15) is 12.0 Å². The molecule has 1 heterocycles. The van der Waals surface area contributed by atoms with Crippen LogP contribution in [0.4, 0.5) is 5.69 Å². The number of carbonyl (C=O) groups is 4. The molecule has 0 bridgehead atoms. The van der Waals surface area contributed by atoms with E-state index in [1.54, 1.807) is 6.07 Å². The minimum atomic E-state index is -0.666. The van der Waals surface area contributed by atoms with Crippen molar-refractivity contribution in [2.45, 2.75) is 0 Å². The highest BCUT2D eigenvalue weighted by Gasteiger charge is 2.18. The fourth-order valence-corrected chi connectivity index (χ4v) is 2.25. The van der Waals surface area contributed by atoms with Crippen molar-refractivity contribution in [2.24, 2.45) is 0 Å². The fraction of sp³-hybridized carbons (Fsp3) is 0.111. The molecule has 0 unspecified atom stereocenters. The van der Waals surface area contributed by atoms with Gasteiger partial charge in [-0.3, -0.25) is 14.4 Å². The number of ketones is 1. The van der Waals surface area contributed by atoms with Crippen LogP contribution in [0.5, 0.6) is 5.75 Å². The maximum atomic E-state index is 12.2. The maximum absolute atomic E-state index is 12.2. The number of aldehydes is 1. The van der Waals surface area contributed by atoms with E-state index in [9.17, 15) is 19.2 Å². The van der Waals surface area contributed by atoms with Crippen molar-refractivity contribution < 1.29 is 28.7 Å². The summed E-state index contributed by atoms with van der Waals surface area (Å²) in [6, 6.07) is 10.4. The molecule has 126 valence electrons. The van der Waals surface area contributed by atoms with Gasteiger partial charge in [-0.05, 0) is 30.3 Å². The van der Waals surface area contributed by atoms with E-state index in [4.69, 9.17) is 9.47 Å². The Morgan fingerprint density at radius 1 is 1.12 bits per heavy atom. The lowest BCUT2D eigenvalue weighted by Crippen LogP contribution is -2.25. The summed E-state index contributed by atoms with van der Waals surface area (Å²) in [6.45, 7) is -0.511. The SMILES string of the molecule is O=Cc1ccc(C(=O)OCC(=O)c2ccc3c(c2)NC(=O)CO3)cc1. The number of benzene rings is 2. The maximum Gasteiger partial charge on any atom is 0.338 e. The Hall–Kier alpha value is -3.48. The van der Waals surface area contributed by atoms with Gasteiger partial charge in [0.2, 0.25) is 0 Å². The van der Waals surface area contributed by atoms with E-state index in [1.807, 2.05) is 0 Å². The van der Waals surface area contributed by atoms with Gasteiger partial charge in [-0.1, -0.05) is 12.1 Å². The molecule has 0 aromatic heterocycles. The Bertz CT molecular complexity index is 856. The second-order valence-corrected chi connectivity index (χ2v) is 5.29. The quantitative estimate of drug-likeness (QED) is 0.507. The monoisotopic (exact) mass is 339 g/mol. The van der Waals surface area contributed by atoms with Crippen LogP contribution in [0.15, 0.2) is 42.5 Å². The Morgan fingerprint density at radius 3 is 2.56 bits per heavy atom. The number of esters is 1. The Morgan fingerprint density at radius 2 is 1.84 bits per heavy atom. The van der Waals surface area contributed by atoms with Crippen LogP contribution in [-0.2, 0) is 9.53 Å². The Labute approximate surface area is 142 Å². The molecule has 3 rings (SSSR count). The molecule has 0 saturated heterocycles. The van der Waals surface area contributed by atoms with Gasteiger partial charge in [0.05, 0.1) is 11.3 Å². The third-order valence-electron chi connectivity index (χ3n) is 3.55. The van der Waals surface area contributed by atoms with Crippen molar-refractivity contribution in [1.82, 2.24) is 0 Å². The molecule has 0 saturated carbocycles. The van der Waals surface area contributed by atoms with Crippen molar-refractivity contribution in [1.29, 1.82) is 0 Å². The number of hydrogen-bond acceptors (Lipinski definition) is 6. The fourth-order valence-electron chi connectivity index (χ4n) is 2.25. The van der Waals surface area contributed by atoms with Gasteiger partial charge >= 0.3 is 5.97 Å². The predicted octanol–water partition coefficient (Wildman–Crippen LogP) is 1.87. The van der Waals surface area contributed by atoms with Crippen LogP contribution in [0, 0.1) is 0 Å². The van der Waals surface area contributed by atoms with Crippen molar-refractivity contribution in [3.8, 4) is 5.75 Å². The van der Waals surface area contributed by atoms with E-state index < -0.39 is 18.4 Å². The molecule has 1 amide bonds. The summed E-state index contributed by atoms with van der Waals surface area (Å²) in [5.74, 6) is -0.911. The average Bonchev–Trinajstić information content (AvgIpc) is 2.65. The van der Waals surface area contributed by atoms with Crippen LogP contribution in [0.2, 0.25) is 0 Å². The third-order valence-corrected chi connectivity index (χ3v) is 3.55. The van der Waals surface area contributed by atoms with Crippen LogP contribution in [0.3, 0.4) is 0 Å². The summed E-state index contributed by atoms with van der Waals surface area (Å²) in [7, 11) is 0. The van der Waals surface area contributed by atoms with Crippen molar-refractivity contribution in [3.63, 3.8) is 0 Å². The highest BCUT2D eigenvalue weighted by molar-refractivity contribution is 6.02. The summed E-state index contributed by atoms with van der Waals surface area (Å²) >= 11 is 0. The van der Waals surface area contributed by atoms with Crippen molar-refractivity contribution >= 4 is 29.6 Å². The number of ether oxygens (including phenoxy) is 2. The summed E-state index contributed by atoms with van der Waals surface area (Å²) in [5, 5.41) is 2.60. The number of carbonyl (C=O) groups excluding carboxylic acids is 4. The molecule has 1 aliphatic rings. The molecular formula is C18H13NO6. The molecule has 2 aromatic rings. The Balaban J connectivity index is 1.64. The molecule has 0 aliphatic carbocycles. The highest BCUT2D eigenvalue weighted by Crippen LogP contribution is 2.28. The number of rotatable bonds is 5. The normalized spacial score (nSPS) is 12.4. The van der Waals surface area contributed by atoms with E-state index in [-0.39, 0.29) is 23.6 Å². The highest BCUT2D eigenvalue weighted by atomic mass is 16.5. The second kappa shape index (κ2) is 6.96. The molecule has 2 aromatic carbocycles. The molecule has 25 heavy (non-hydrogen) atoms. The van der Waals surface area contributed by atoms with E-state index in [0.29, 0.717) is 23.3 Å². The molecule has 1 aliphatic heterocycles. The van der Waals surface area contributed by atoms with Gasteiger partial charge in [0.25, 0.3) is 5.91 Å². The minimum Gasteiger partial charge on any atom is -0.482 e. The smallest absolute Gasteiger partial charge is 0.338 e. The summed E-state index contributed by atoms with van der Waals surface area (Å²) in [5.41, 5.74) is 1.36. The van der Waals surface area contributed by atoms with E-state index in [2.05, 4.69) is 5.32 Å². The summed E-state index contributed by atoms with van der Waals surface area (Å²) < 4.78 is 10.2.